The van der Waals surface area contributed by atoms with Crippen molar-refractivity contribution in [1.82, 2.24) is 4.98 Å². The van der Waals surface area contributed by atoms with E-state index >= 15 is 0 Å². The van der Waals surface area contributed by atoms with Crippen LogP contribution >= 0.6 is 0 Å². The molecule has 1 aromatic carbocycles. The predicted molar refractivity (Wildman–Crippen MR) is 63.8 cm³/mol. The maximum absolute atomic E-state index is 13.7. The van der Waals surface area contributed by atoms with Crippen molar-refractivity contribution in [2.24, 2.45) is 0 Å². The van der Waals surface area contributed by atoms with E-state index in [9.17, 15) is 35.1 Å². The lowest BCUT2D eigenvalue weighted by Crippen LogP contribution is -2.12. The van der Waals surface area contributed by atoms with Crippen molar-refractivity contribution >= 4 is 0 Å². The molecule has 0 aliphatic heterocycles. The second kappa shape index (κ2) is 6.07. The van der Waals surface area contributed by atoms with Crippen molar-refractivity contribution in [2.75, 3.05) is 0 Å². The summed E-state index contributed by atoms with van der Waals surface area (Å²) in [4.78, 5) is 3.26. The molecule has 2 rings (SSSR count). The summed E-state index contributed by atoms with van der Waals surface area (Å²) in [6.07, 6.45) is -5.30. The Kier molecular flexibility index (Phi) is 4.46. The lowest BCUT2D eigenvalue weighted by atomic mass is 10.0. The van der Waals surface area contributed by atoms with Gasteiger partial charge >= 0.3 is 6.18 Å². The van der Waals surface area contributed by atoms with Crippen molar-refractivity contribution in [3.8, 4) is 17.2 Å². The molecule has 0 aliphatic rings. The average molecular weight is 352 g/mol. The molecule has 24 heavy (non-hydrogen) atoms. The highest BCUT2D eigenvalue weighted by molar-refractivity contribution is 5.65. The van der Waals surface area contributed by atoms with Gasteiger partial charge in [0, 0.05) is 11.8 Å². The van der Waals surface area contributed by atoms with E-state index in [0.717, 1.165) is 0 Å². The van der Waals surface area contributed by atoms with E-state index < -0.39 is 64.1 Å². The molecule has 1 heterocycles. The molecule has 0 N–H and O–H groups in total. The Bertz CT molecular complexity index is 822. The highest BCUT2D eigenvalue weighted by Crippen LogP contribution is 2.37. The molecule has 0 saturated heterocycles. The average Bonchev–Trinajstić information content (AvgIpc) is 2.51. The molecule has 0 bridgehead atoms. The summed E-state index contributed by atoms with van der Waals surface area (Å²) in [7, 11) is 0. The first-order chi connectivity index (χ1) is 11.1. The largest absolute Gasteiger partial charge is 0.418 e. The third kappa shape index (κ3) is 2.89. The van der Waals surface area contributed by atoms with E-state index in [1.165, 1.54) is 6.07 Å². The van der Waals surface area contributed by atoms with E-state index in [1.807, 2.05) is 0 Å². The lowest BCUT2D eigenvalue weighted by Gasteiger charge is -2.13. The van der Waals surface area contributed by atoms with Crippen LogP contribution in [-0.2, 0) is 12.6 Å². The minimum atomic E-state index is -5.04. The van der Waals surface area contributed by atoms with Gasteiger partial charge in [0.25, 0.3) is 0 Å². The van der Waals surface area contributed by atoms with Crippen molar-refractivity contribution in [1.29, 1.82) is 5.26 Å². The molecule has 0 aliphatic carbocycles. The zero-order chi connectivity index (χ0) is 18.2. The van der Waals surface area contributed by atoms with Gasteiger partial charge in [-0.15, -0.1) is 0 Å². The monoisotopic (exact) mass is 352 g/mol. The Morgan fingerprint density at radius 1 is 0.917 bits per heavy atom. The lowest BCUT2D eigenvalue weighted by molar-refractivity contribution is -0.138. The van der Waals surface area contributed by atoms with Gasteiger partial charge in [-0.2, -0.15) is 18.4 Å². The van der Waals surface area contributed by atoms with E-state index in [2.05, 4.69) is 4.98 Å². The van der Waals surface area contributed by atoms with Crippen LogP contribution < -0.4 is 0 Å². The molecular formula is C14H4F8N2. The van der Waals surface area contributed by atoms with E-state index in [0.29, 0.717) is 6.20 Å². The van der Waals surface area contributed by atoms with E-state index in [4.69, 9.17) is 5.26 Å². The molecule has 0 saturated carbocycles. The molecule has 0 spiro atoms. The van der Waals surface area contributed by atoms with Crippen LogP contribution in [-0.4, -0.2) is 4.98 Å². The first-order valence-corrected chi connectivity index (χ1v) is 6.04. The van der Waals surface area contributed by atoms with E-state index in [1.54, 1.807) is 0 Å². The molecule has 126 valence electrons. The summed E-state index contributed by atoms with van der Waals surface area (Å²) in [5, 5.41) is 8.47. The predicted octanol–water partition coefficient (Wildman–Crippen LogP) is 4.53. The van der Waals surface area contributed by atoms with Crippen LogP contribution in [0.1, 0.15) is 11.3 Å². The minimum Gasteiger partial charge on any atom is -0.259 e. The number of alkyl halides is 3. The molecular weight excluding hydrogens is 348 g/mol. The number of rotatable bonds is 2. The summed E-state index contributed by atoms with van der Waals surface area (Å²) in [5.41, 5.74) is -4.74. The SMILES string of the molecule is N#CCc1ncc(-c2c(F)c(F)c(F)c(F)c2F)cc1C(F)(F)F. The second-order valence-electron chi connectivity index (χ2n) is 4.50. The van der Waals surface area contributed by atoms with Crippen LogP contribution in [0.15, 0.2) is 12.3 Å². The van der Waals surface area contributed by atoms with Gasteiger partial charge in [0.2, 0.25) is 5.82 Å². The Morgan fingerprint density at radius 3 is 1.88 bits per heavy atom. The van der Waals surface area contributed by atoms with Crippen LogP contribution in [0.3, 0.4) is 0 Å². The van der Waals surface area contributed by atoms with Gasteiger partial charge in [0.05, 0.1) is 29.3 Å². The van der Waals surface area contributed by atoms with Crippen molar-refractivity contribution < 1.29 is 35.1 Å². The normalized spacial score (nSPS) is 11.5. The number of hydrogen-bond acceptors (Lipinski definition) is 2. The summed E-state index contributed by atoms with van der Waals surface area (Å²) in [6, 6.07) is 1.60. The maximum Gasteiger partial charge on any atom is 0.418 e. The third-order valence-electron chi connectivity index (χ3n) is 3.02. The Balaban J connectivity index is 2.79. The smallest absolute Gasteiger partial charge is 0.259 e. The van der Waals surface area contributed by atoms with Crippen LogP contribution in [0.5, 0.6) is 0 Å². The fourth-order valence-electron chi connectivity index (χ4n) is 1.95. The molecule has 0 unspecified atom stereocenters. The summed E-state index contributed by atoms with van der Waals surface area (Å²) in [5.74, 6) is -11.6. The molecule has 2 nitrogen and oxygen atoms in total. The van der Waals surface area contributed by atoms with Gasteiger partial charge in [-0.3, -0.25) is 4.98 Å². The number of halogens is 8. The summed E-state index contributed by atoms with van der Waals surface area (Å²) in [6.45, 7) is 0. The standard InChI is InChI=1S/C14H4F8N2/c15-9-8(10(16)12(18)13(19)11(9)17)5-3-6(14(20,21)22)7(1-2-23)24-4-5/h3-4H,1H2. The zero-order valence-corrected chi connectivity index (χ0v) is 11.3. The van der Waals surface area contributed by atoms with Crippen LogP contribution in [0.2, 0.25) is 0 Å². The van der Waals surface area contributed by atoms with Crippen LogP contribution in [0.4, 0.5) is 35.1 Å². The quantitative estimate of drug-likeness (QED) is 0.452. The highest BCUT2D eigenvalue weighted by atomic mass is 19.4. The van der Waals surface area contributed by atoms with Gasteiger partial charge in [-0.05, 0) is 6.07 Å². The van der Waals surface area contributed by atoms with E-state index in [-0.39, 0.29) is 6.07 Å². The number of nitrogens with zero attached hydrogens (tertiary/aromatic N) is 2. The topological polar surface area (TPSA) is 36.7 Å². The number of hydrogen-bond donors (Lipinski definition) is 0. The van der Waals surface area contributed by atoms with Crippen molar-refractivity contribution in [3.63, 3.8) is 0 Å². The van der Waals surface area contributed by atoms with Crippen LogP contribution in [0, 0.1) is 40.4 Å². The number of nitriles is 1. The first-order valence-electron chi connectivity index (χ1n) is 6.04. The Hall–Kier alpha value is -2.70. The fraction of sp³-hybridized carbons (Fsp3) is 0.143. The molecule has 2 aromatic rings. The second-order valence-corrected chi connectivity index (χ2v) is 4.50. The number of benzene rings is 1. The van der Waals surface area contributed by atoms with Crippen molar-refractivity contribution in [3.05, 3.63) is 52.6 Å². The molecule has 0 atom stereocenters. The summed E-state index contributed by atoms with van der Waals surface area (Å²) >= 11 is 0. The summed E-state index contributed by atoms with van der Waals surface area (Å²) < 4.78 is 106. The first kappa shape index (κ1) is 17.7. The number of pyridine rings is 1. The van der Waals surface area contributed by atoms with Gasteiger partial charge in [-0.25, -0.2) is 22.0 Å². The highest BCUT2D eigenvalue weighted by Gasteiger charge is 2.35. The van der Waals surface area contributed by atoms with Gasteiger partial charge in [-0.1, -0.05) is 0 Å². The van der Waals surface area contributed by atoms with Gasteiger partial charge in [0.15, 0.2) is 23.3 Å². The van der Waals surface area contributed by atoms with Crippen LogP contribution in [0.25, 0.3) is 11.1 Å². The van der Waals surface area contributed by atoms with Gasteiger partial charge < -0.3 is 0 Å². The molecule has 1 aromatic heterocycles. The molecule has 0 radical (unpaired) electrons. The Labute approximate surface area is 129 Å². The third-order valence-corrected chi connectivity index (χ3v) is 3.02. The fourth-order valence-corrected chi connectivity index (χ4v) is 1.95. The molecule has 0 amide bonds. The number of aromatic nitrogens is 1. The van der Waals surface area contributed by atoms with Gasteiger partial charge in [0.1, 0.15) is 0 Å². The maximum atomic E-state index is 13.7. The minimum absolute atomic E-state index is 0.179. The zero-order valence-electron chi connectivity index (χ0n) is 11.3. The van der Waals surface area contributed by atoms with Crippen molar-refractivity contribution in [2.45, 2.75) is 12.6 Å². The molecule has 0 fully saturated rings. The molecule has 10 heteroatoms. The Morgan fingerprint density at radius 2 is 1.42 bits per heavy atom.